The van der Waals surface area contributed by atoms with Crippen molar-refractivity contribution in [3.05, 3.63) is 35.4 Å². The summed E-state index contributed by atoms with van der Waals surface area (Å²) in [6.07, 6.45) is 2.62. The van der Waals surface area contributed by atoms with Crippen LogP contribution >= 0.6 is 0 Å². The minimum absolute atomic E-state index is 0.740. The Morgan fingerprint density at radius 3 is 2.44 bits per heavy atom. The van der Waals surface area contributed by atoms with E-state index in [0.717, 1.165) is 12.1 Å². The first kappa shape index (κ1) is 11.6. The van der Waals surface area contributed by atoms with Crippen molar-refractivity contribution >= 4 is 0 Å². The molecule has 1 saturated heterocycles. The molecule has 0 unspecified atom stereocenters. The molecule has 1 aromatic rings. The third-order valence-electron chi connectivity index (χ3n) is 3.27. The molecule has 2 nitrogen and oxygen atoms in total. The van der Waals surface area contributed by atoms with Crippen LogP contribution in [0.2, 0.25) is 0 Å². The van der Waals surface area contributed by atoms with Crippen molar-refractivity contribution in [1.29, 1.82) is 0 Å². The van der Waals surface area contributed by atoms with E-state index in [9.17, 15) is 5.11 Å². The van der Waals surface area contributed by atoms with Gasteiger partial charge in [0.05, 0.1) is 5.60 Å². The SMILES string of the molecule is CC(C)(O)c1ccccc1CN1CCCC1. The van der Waals surface area contributed by atoms with Crippen molar-refractivity contribution in [2.45, 2.75) is 38.8 Å². The maximum absolute atomic E-state index is 10.1. The number of likely N-dealkylation sites (tertiary alicyclic amines) is 1. The highest BCUT2D eigenvalue weighted by molar-refractivity contribution is 5.31. The van der Waals surface area contributed by atoms with Gasteiger partial charge in [-0.1, -0.05) is 24.3 Å². The fraction of sp³-hybridized carbons (Fsp3) is 0.571. The van der Waals surface area contributed by atoms with Gasteiger partial charge in [-0.15, -0.1) is 0 Å². The summed E-state index contributed by atoms with van der Waals surface area (Å²) in [5.41, 5.74) is 1.58. The molecular weight excluding hydrogens is 198 g/mol. The van der Waals surface area contributed by atoms with Gasteiger partial charge in [0.1, 0.15) is 0 Å². The van der Waals surface area contributed by atoms with E-state index in [2.05, 4.69) is 17.0 Å². The largest absolute Gasteiger partial charge is 0.386 e. The zero-order valence-electron chi connectivity index (χ0n) is 10.2. The molecule has 0 spiro atoms. The Kier molecular flexibility index (Phi) is 3.31. The molecule has 0 atom stereocenters. The lowest BCUT2D eigenvalue weighted by Crippen LogP contribution is -2.23. The Morgan fingerprint density at radius 1 is 1.19 bits per heavy atom. The van der Waals surface area contributed by atoms with Crippen molar-refractivity contribution < 1.29 is 5.11 Å². The van der Waals surface area contributed by atoms with E-state index in [1.807, 2.05) is 26.0 Å². The lowest BCUT2D eigenvalue weighted by Gasteiger charge is -2.24. The molecule has 2 heteroatoms. The predicted octanol–water partition coefficient (Wildman–Crippen LogP) is 2.51. The fourth-order valence-electron chi connectivity index (χ4n) is 2.44. The first-order valence-corrected chi connectivity index (χ1v) is 6.10. The topological polar surface area (TPSA) is 23.5 Å². The Bertz CT molecular complexity index is 348. The third-order valence-corrected chi connectivity index (χ3v) is 3.27. The number of nitrogens with zero attached hydrogens (tertiary/aromatic N) is 1. The molecule has 1 aliphatic rings. The van der Waals surface area contributed by atoms with Crippen molar-refractivity contribution in [2.24, 2.45) is 0 Å². The van der Waals surface area contributed by atoms with E-state index in [-0.39, 0.29) is 0 Å². The number of rotatable bonds is 3. The molecule has 0 bridgehead atoms. The molecule has 1 fully saturated rings. The molecule has 0 amide bonds. The van der Waals surface area contributed by atoms with Gasteiger partial charge < -0.3 is 5.11 Å². The normalized spacial score (nSPS) is 17.9. The van der Waals surface area contributed by atoms with Gasteiger partial charge in [-0.3, -0.25) is 4.90 Å². The standard InChI is InChI=1S/C14H21NO/c1-14(2,16)13-8-4-3-7-12(13)11-15-9-5-6-10-15/h3-4,7-8,16H,5-6,9-11H2,1-2H3. The highest BCUT2D eigenvalue weighted by atomic mass is 16.3. The number of hydrogen-bond donors (Lipinski definition) is 1. The molecule has 2 rings (SSSR count). The second kappa shape index (κ2) is 4.56. The van der Waals surface area contributed by atoms with Crippen molar-refractivity contribution in [1.82, 2.24) is 4.90 Å². The molecule has 16 heavy (non-hydrogen) atoms. The summed E-state index contributed by atoms with van der Waals surface area (Å²) in [6.45, 7) is 7.08. The molecular formula is C14H21NO. The summed E-state index contributed by atoms with van der Waals surface area (Å²) in [7, 11) is 0. The van der Waals surface area contributed by atoms with Crippen LogP contribution in [0.15, 0.2) is 24.3 Å². The lowest BCUT2D eigenvalue weighted by molar-refractivity contribution is 0.0768. The molecule has 0 radical (unpaired) electrons. The van der Waals surface area contributed by atoms with Crippen LogP contribution in [0.3, 0.4) is 0 Å². The summed E-state index contributed by atoms with van der Waals surface area (Å²) < 4.78 is 0. The van der Waals surface area contributed by atoms with Crippen LogP contribution in [-0.4, -0.2) is 23.1 Å². The summed E-state index contributed by atoms with van der Waals surface area (Å²) in [6, 6.07) is 8.22. The Hall–Kier alpha value is -0.860. The molecule has 1 aromatic carbocycles. The molecule has 1 heterocycles. The van der Waals surface area contributed by atoms with Gasteiger partial charge in [0.15, 0.2) is 0 Å². The lowest BCUT2D eigenvalue weighted by atomic mass is 9.93. The van der Waals surface area contributed by atoms with Crippen LogP contribution in [0.1, 0.15) is 37.8 Å². The van der Waals surface area contributed by atoms with E-state index in [4.69, 9.17) is 0 Å². The molecule has 88 valence electrons. The van der Waals surface area contributed by atoms with Gasteiger partial charge in [0.2, 0.25) is 0 Å². The number of benzene rings is 1. The van der Waals surface area contributed by atoms with E-state index in [1.165, 1.54) is 31.5 Å². The van der Waals surface area contributed by atoms with Crippen LogP contribution in [0.5, 0.6) is 0 Å². The highest BCUT2D eigenvalue weighted by Gasteiger charge is 2.21. The minimum atomic E-state index is -0.740. The Balaban J connectivity index is 2.19. The average Bonchev–Trinajstić information content (AvgIpc) is 2.70. The zero-order valence-corrected chi connectivity index (χ0v) is 10.2. The summed E-state index contributed by atoms with van der Waals surface area (Å²) in [5, 5.41) is 10.1. The van der Waals surface area contributed by atoms with Crippen LogP contribution in [0, 0.1) is 0 Å². The number of hydrogen-bond acceptors (Lipinski definition) is 2. The van der Waals surface area contributed by atoms with E-state index in [0.29, 0.717) is 0 Å². The summed E-state index contributed by atoms with van der Waals surface area (Å²) in [4.78, 5) is 2.46. The van der Waals surface area contributed by atoms with Crippen molar-refractivity contribution in [2.75, 3.05) is 13.1 Å². The second-order valence-corrected chi connectivity index (χ2v) is 5.20. The second-order valence-electron chi connectivity index (χ2n) is 5.20. The first-order chi connectivity index (χ1) is 7.57. The molecule has 0 aromatic heterocycles. The van der Waals surface area contributed by atoms with Gasteiger partial charge in [-0.2, -0.15) is 0 Å². The van der Waals surface area contributed by atoms with Crippen molar-refractivity contribution in [3.63, 3.8) is 0 Å². The van der Waals surface area contributed by atoms with E-state index >= 15 is 0 Å². The first-order valence-electron chi connectivity index (χ1n) is 6.10. The number of aliphatic hydroxyl groups is 1. The van der Waals surface area contributed by atoms with Gasteiger partial charge in [-0.05, 0) is 50.9 Å². The van der Waals surface area contributed by atoms with Crippen molar-refractivity contribution in [3.8, 4) is 0 Å². The Labute approximate surface area is 97.9 Å². The van der Waals surface area contributed by atoms with Crippen LogP contribution in [0.25, 0.3) is 0 Å². The molecule has 1 N–H and O–H groups in total. The van der Waals surface area contributed by atoms with Gasteiger partial charge in [0, 0.05) is 6.54 Å². The third kappa shape index (κ3) is 2.63. The fourth-order valence-corrected chi connectivity index (χ4v) is 2.44. The minimum Gasteiger partial charge on any atom is -0.386 e. The van der Waals surface area contributed by atoms with Gasteiger partial charge in [0.25, 0.3) is 0 Å². The average molecular weight is 219 g/mol. The maximum atomic E-state index is 10.1. The monoisotopic (exact) mass is 219 g/mol. The quantitative estimate of drug-likeness (QED) is 0.844. The Morgan fingerprint density at radius 2 is 1.81 bits per heavy atom. The smallest absolute Gasteiger partial charge is 0.0843 e. The van der Waals surface area contributed by atoms with Crippen LogP contribution in [0.4, 0.5) is 0 Å². The summed E-state index contributed by atoms with van der Waals surface area (Å²) in [5.74, 6) is 0. The van der Waals surface area contributed by atoms with E-state index < -0.39 is 5.60 Å². The van der Waals surface area contributed by atoms with E-state index in [1.54, 1.807) is 0 Å². The highest BCUT2D eigenvalue weighted by Crippen LogP contribution is 2.25. The van der Waals surface area contributed by atoms with Gasteiger partial charge in [-0.25, -0.2) is 0 Å². The molecule has 0 aliphatic carbocycles. The molecule has 0 saturated carbocycles. The predicted molar refractivity (Wildman–Crippen MR) is 66.2 cm³/mol. The zero-order chi connectivity index (χ0) is 11.6. The van der Waals surface area contributed by atoms with Gasteiger partial charge >= 0.3 is 0 Å². The maximum Gasteiger partial charge on any atom is 0.0843 e. The molecule has 1 aliphatic heterocycles. The van der Waals surface area contributed by atoms with Crippen LogP contribution in [-0.2, 0) is 12.1 Å². The van der Waals surface area contributed by atoms with Crippen LogP contribution < -0.4 is 0 Å². The summed E-state index contributed by atoms with van der Waals surface area (Å²) >= 11 is 0.